The molecule has 0 unspecified atom stereocenters. The van der Waals surface area contributed by atoms with Gasteiger partial charge < -0.3 is 14.2 Å². The first kappa shape index (κ1) is 20.2. The van der Waals surface area contributed by atoms with Crippen molar-refractivity contribution in [3.05, 3.63) is 59.2 Å². The summed E-state index contributed by atoms with van der Waals surface area (Å²) in [5.74, 6) is 0.105. The van der Waals surface area contributed by atoms with Crippen molar-refractivity contribution in [1.29, 1.82) is 0 Å². The highest BCUT2D eigenvalue weighted by molar-refractivity contribution is 6.00. The number of Topliss-reactive ketones (excluding diaryl/α,β-unsaturated/α-hetero) is 2. The normalized spacial score (nSPS) is 11.4. The summed E-state index contributed by atoms with van der Waals surface area (Å²) in [6.45, 7) is 2.97. The molecule has 2 rings (SSSR count). The average Bonchev–Trinajstić information content (AvgIpc) is 2.67. The molecule has 0 amide bonds. The number of benzene rings is 2. The maximum Gasteiger partial charge on any atom is 0.311 e. The molecule has 0 N–H and O–H groups in total. The van der Waals surface area contributed by atoms with E-state index in [1.54, 1.807) is 42.5 Å². The van der Waals surface area contributed by atoms with Gasteiger partial charge >= 0.3 is 5.97 Å². The van der Waals surface area contributed by atoms with Gasteiger partial charge in [-0.05, 0) is 56.3 Å². The predicted molar refractivity (Wildman–Crippen MR) is 99.6 cm³/mol. The van der Waals surface area contributed by atoms with E-state index in [2.05, 4.69) is 0 Å². The Kier molecular flexibility index (Phi) is 6.71. The number of rotatable bonds is 8. The quantitative estimate of drug-likeness (QED) is 0.524. The second-order valence-electron chi connectivity index (χ2n) is 5.98. The van der Waals surface area contributed by atoms with E-state index in [1.165, 1.54) is 28.1 Å². The van der Waals surface area contributed by atoms with Crippen molar-refractivity contribution < 1.29 is 28.6 Å². The molecule has 0 heterocycles. The Morgan fingerprint density at radius 1 is 0.926 bits per heavy atom. The second kappa shape index (κ2) is 8.98. The maximum absolute atomic E-state index is 12.4. The number of esters is 1. The summed E-state index contributed by atoms with van der Waals surface area (Å²) < 4.78 is 15.5. The van der Waals surface area contributed by atoms with Crippen molar-refractivity contribution >= 4 is 17.5 Å². The van der Waals surface area contributed by atoms with E-state index in [9.17, 15) is 14.4 Å². The van der Waals surface area contributed by atoms with Gasteiger partial charge in [0.15, 0.2) is 11.9 Å². The summed E-state index contributed by atoms with van der Waals surface area (Å²) in [6.07, 6.45) is -1.04. The molecule has 142 valence electrons. The molecule has 0 fully saturated rings. The number of carbonyl (C=O) groups excluding carboxylic acids is 3. The van der Waals surface area contributed by atoms with E-state index >= 15 is 0 Å². The van der Waals surface area contributed by atoms with Crippen LogP contribution in [-0.2, 0) is 16.0 Å². The third kappa shape index (κ3) is 5.17. The molecule has 0 aliphatic carbocycles. The lowest BCUT2D eigenvalue weighted by atomic mass is 10.0. The number of methoxy groups -OCH3 is 2. The van der Waals surface area contributed by atoms with Crippen molar-refractivity contribution in [2.75, 3.05) is 14.2 Å². The van der Waals surface area contributed by atoms with Crippen LogP contribution in [0.5, 0.6) is 11.5 Å². The number of carbonyl (C=O) groups is 3. The van der Waals surface area contributed by atoms with E-state index in [4.69, 9.17) is 14.2 Å². The van der Waals surface area contributed by atoms with E-state index in [0.29, 0.717) is 28.2 Å². The molecule has 0 radical (unpaired) electrons. The van der Waals surface area contributed by atoms with Crippen molar-refractivity contribution in [3.63, 3.8) is 0 Å². The molecule has 0 spiro atoms. The smallest absolute Gasteiger partial charge is 0.311 e. The summed E-state index contributed by atoms with van der Waals surface area (Å²) in [4.78, 5) is 36.2. The molecule has 0 saturated carbocycles. The van der Waals surface area contributed by atoms with Crippen LogP contribution in [-0.4, -0.2) is 37.9 Å². The van der Waals surface area contributed by atoms with E-state index in [0.717, 1.165) is 0 Å². The number of hydrogen-bond acceptors (Lipinski definition) is 6. The molecule has 27 heavy (non-hydrogen) atoms. The van der Waals surface area contributed by atoms with Crippen molar-refractivity contribution in [2.45, 2.75) is 26.4 Å². The molecule has 0 bridgehead atoms. The third-order valence-electron chi connectivity index (χ3n) is 4.07. The molecule has 2 aromatic carbocycles. The monoisotopic (exact) mass is 370 g/mol. The Morgan fingerprint density at radius 2 is 1.56 bits per heavy atom. The van der Waals surface area contributed by atoms with Gasteiger partial charge in [0, 0.05) is 16.7 Å². The van der Waals surface area contributed by atoms with Crippen LogP contribution in [0.2, 0.25) is 0 Å². The molecular formula is C21H22O6. The predicted octanol–water partition coefficient (Wildman–Crippen LogP) is 3.26. The van der Waals surface area contributed by atoms with Crippen LogP contribution in [0.3, 0.4) is 0 Å². The van der Waals surface area contributed by atoms with Gasteiger partial charge in [0.2, 0.25) is 5.78 Å². The topological polar surface area (TPSA) is 78.9 Å². The van der Waals surface area contributed by atoms with Gasteiger partial charge in [-0.15, -0.1) is 0 Å². The molecule has 2 aromatic rings. The van der Waals surface area contributed by atoms with E-state index in [1.807, 2.05) is 0 Å². The van der Waals surface area contributed by atoms with Gasteiger partial charge in [-0.2, -0.15) is 0 Å². The largest absolute Gasteiger partial charge is 0.497 e. The first-order chi connectivity index (χ1) is 12.8. The number of ketones is 2. The SMILES string of the molecule is COc1ccc(C(=O)[C@H](C)OC(=O)Cc2cc(C(C)=O)ccc2OC)cc1. The highest BCUT2D eigenvalue weighted by Crippen LogP contribution is 2.22. The fraction of sp³-hybridized carbons (Fsp3) is 0.286. The molecule has 1 atom stereocenters. The van der Waals surface area contributed by atoms with Crippen molar-refractivity contribution in [1.82, 2.24) is 0 Å². The summed E-state index contributed by atoms with van der Waals surface area (Å²) in [5.41, 5.74) is 1.42. The van der Waals surface area contributed by atoms with Gasteiger partial charge in [-0.3, -0.25) is 14.4 Å². The van der Waals surface area contributed by atoms with Gasteiger partial charge in [0.25, 0.3) is 0 Å². The van der Waals surface area contributed by atoms with Crippen molar-refractivity contribution in [3.8, 4) is 11.5 Å². The molecule has 6 nitrogen and oxygen atoms in total. The first-order valence-corrected chi connectivity index (χ1v) is 8.41. The summed E-state index contributed by atoms with van der Waals surface area (Å²) in [6, 6.07) is 11.4. The molecule has 0 aliphatic heterocycles. The molecule has 0 saturated heterocycles. The number of ether oxygens (including phenoxy) is 3. The Labute approximate surface area is 158 Å². The van der Waals surface area contributed by atoms with Crippen LogP contribution in [0, 0.1) is 0 Å². The lowest BCUT2D eigenvalue weighted by molar-refractivity contribution is -0.145. The Hall–Kier alpha value is -3.15. The summed E-state index contributed by atoms with van der Waals surface area (Å²) in [5, 5.41) is 0. The van der Waals surface area contributed by atoms with Crippen LogP contribution >= 0.6 is 0 Å². The summed E-state index contributed by atoms with van der Waals surface area (Å²) in [7, 11) is 3.02. The molecule has 0 aromatic heterocycles. The Balaban J connectivity index is 2.07. The highest BCUT2D eigenvalue weighted by atomic mass is 16.5. The van der Waals surface area contributed by atoms with Crippen LogP contribution in [0.4, 0.5) is 0 Å². The first-order valence-electron chi connectivity index (χ1n) is 8.41. The van der Waals surface area contributed by atoms with Crippen LogP contribution in [0.1, 0.15) is 40.1 Å². The minimum atomic E-state index is -0.937. The second-order valence-corrected chi connectivity index (χ2v) is 5.98. The highest BCUT2D eigenvalue weighted by Gasteiger charge is 2.21. The van der Waals surface area contributed by atoms with E-state index < -0.39 is 12.1 Å². The Morgan fingerprint density at radius 3 is 2.11 bits per heavy atom. The lowest BCUT2D eigenvalue weighted by Gasteiger charge is -2.14. The fourth-order valence-corrected chi connectivity index (χ4v) is 2.57. The maximum atomic E-state index is 12.4. The van der Waals surface area contributed by atoms with Gasteiger partial charge in [0.1, 0.15) is 11.5 Å². The zero-order valence-corrected chi connectivity index (χ0v) is 15.8. The van der Waals surface area contributed by atoms with Crippen LogP contribution in [0.15, 0.2) is 42.5 Å². The van der Waals surface area contributed by atoms with Crippen LogP contribution in [0.25, 0.3) is 0 Å². The molecule has 0 aliphatic rings. The average molecular weight is 370 g/mol. The van der Waals surface area contributed by atoms with Gasteiger partial charge in [-0.1, -0.05) is 0 Å². The molecule has 6 heteroatoms. The van der Waals surface area contributed by atoms with E-state index in [-0.39, 0.29) is 18.0 Å². The standard InChI is InChI=1S/C21H22O6/c1-13(22)16-7-10-19(26-4)17(11-16)12-20(23)27-14(2)21(24)15-5-8-18(25-3)9-6-15/h5-11,14H,12H2,1-4H3/t14-/m0/s1. The molecular weight excluding hydrogens is 348 g/mol. The minimum Gasteiger partial charge on any atom is -0.497 e. The number of hydrogen-bond donors (Lipinski definition) is 0. The zero-order chi connectivity index (χ0) is 20.0. The fourth-order valence-electron chi connectivity index (χ4n) is 2.57. The summed E-state index contributed by atoms with van der Waals surface area (Å²) >= 11 is 0. The zero-order valence-electron chi connectivity index (χ0n) is 15.8. The Bertz CT molecular complexity index is 838. The van der Waals surface area contributed by atoms with Gasteiger partial charge in [0.05, 0.1) is 20.6 Å². The third-order valence-corrected chi connectivity index (χ3v) is 4.07. The lowest BCUT2D eigenvalue weighted by Crippen LogP contribution is -2.25. The van der Waals surface area contributed by atoms with Gasteiger partial charge in [-0.25, -0.2) is 0 Å². The minimum absolute atomic E-state index is 0.107. The van der Waals surface area contributed by atoms with Crippen LogP contribution < -0.4 is 9.47 Å². The van der Waals surface area contributed by atoms with Crippen molar-refractivity contribution in [2.24, 2.45) is 0 Å².